The zero-order valence-electron chi connectivity index (χ0n) is 8.36. The van der Waals surface area contributed by atoms with E-state index in [1.54, 1.807) is 12.4 Å². The molecule has 1 aliphatic heterocycles. The maximum Gasteiger partial charge on any atom is 0.201 e. The second-order valence-electron chi connectivity index (χ2n) is 3.88. The van der Waals surface area contributed by atoms with Crippen LogP contribution >= 0.6 is 0 Å². The number of imidazole rings is 1. The van der Waals surface area contributed by atoms with Crippen LogP contribution in [0.5, 0.6) is 0 Å². The van der Waals surface area contributed by atoms with Crippen molar-refractivity contribution in [2.45, 2.75) is 12.8 Å². The average Bonchev–Trinajstić information content (AvgIpc) is 2.71. The molecule has 0 aliphatic carbocycles. The first kappa shape index (κ1) is 9.40. The number of ketones is 1. The number of Topliss-reactive ketones (excluding diaryl/α,β-unsaturated/α-hetero) is 1. The summed E-state index contributed by atoms with van der Waals surface area (Å²) in [6.45, 7) is 2.02. The molecule has 0 amide bonds. The average molecular weight is 193 g/mol. The number of aromatic amines is 1. The number of hydrogen-bond acceptors (Lipinski definition) is 3. The van der Waals surface area contributed by atoms with Crippen molar-refractivity contribution >= 4 is 5.78 Å². The van der Waals surface area contributed by atoms with Crippen LogP contribution in [-0.4, -0.2) is 40.8 Å². The zero-order valence-corrected chi connectivity index (χ0v) is 8.36. The van der Waals surface area contributed by atoms with E-state index in [1.165, 1.54) is 0 Å². The number of aromatic nitrogens is 2. The smallest absolute Gasteiger partial charge is 0.201 e. The molecule has 0 aromatic carbocycles. The second-order valence-corrected chi connectivity index (χ2v) is 3.88. The van der Waals surface area contributed by atoms with Crippen LogP contribution in [0.1, 0.15) is 23.5 Å². The van der Waals surface area contributed by atoms with E-state index in [0.29, 0.717) is 5.82 Å². The molecule has 4 nitrogen and oxygen atoms in total. The van der Waals surface area contributed by atoms with Crippen LogP contribution in [0.15, 0.2) is 12.4 Å². The molecule has 76 valence electrons. The van der Waals surface area contributed by atoms with Crippen molar-refractivity contribution in [3.05, 3.63) is 18.2 Å². The fraction of sp³-hybridized carbons (Fsp3) is 0.600. The van der Waals surface area contributed by atoms with Crippen LogP contribution in [0, 0.1) is 5.92 Å². The number of hydrogen-bond donors (Lipinski definition) is 1. The van der Waals surface area contributed by atoms with E-state index >= 15 is 0 Å². The van der Waals surface area contributed by atoms with Gasteiger partial charge in [-0.3, -0.25) is 4.79 Å². The van der Waals surface area contributed by atoms with Gasteiger partial charge in [-0.05, 0) is 33.0 Å². The van der Waals surface area contributed by atoms with Gasteiger partial charge in [0.1, 0.15) is 0 Å². The molecular weight excluding hydrogens is 178 g/mol. The minimum Gasteiger partial charge on any atom is -0.342 e. The number of piperidine rings is 1. The number of H-pyrrole nitrogens is 1. The molecule has 0 saturated carbocycles. The summed E-state index contributed by atoms with van der Waals surface area (Å²) < 4.78 is 0. The van der Waals surface area contributed by atoms with Gasteiger partial charge in [-0.1, -0.05) is 0 Å². The molecule has 1 N–H and O–H groups in total. The quantitative estimate of drug-likeness (QED) is 0.711. The minimum absolute atomic E-state index is 0.164. The fourth-order valence-electron chi connectivity index (χ4n) is 1.86. The molecule has 2 rings (SSSR count). The van der Waals surface area contributed by atoms with Gasteiger partial charge in [-0.25, -0.2) is 4.98 Å². The maximum absolute atomic E-state index is 11.9. The third kappa shape index (κ3) is 1.85. The Hall–Kier alpha value is -1.16. The summed E-state index contributed by atoms with van der Waals surface area (Å²) in [5, 5.41) is 0. The van der Waals surface area contributed by atoms with Gasteiger partial charge in [0, 0.05) is 18.3 Å². The monoisotopic (exact) mass is 193 g/mol. The SMILES string of the molecule is CN1CCC(C(=O)c2ncc[nH]2)CC1. The lowest BCUT2D eigenvalue weighted by Gasteiger charge is -2.27. The molecule has 0 unspecified atom stereocenters. The maximum atomic E-state index is 11.9. The Bertz CT molecular complexity index is 299. The van der Waals surface area contributed by atoms with Gasteiger partial charge in [0.2, 0.25) is 5.78 Å². The predicted molar refractivity (Wildman–Crippen MR) is 53.1 cm³/mol. The van der Waals surface area contributed by atoms with Crippen LogP contribution in [-0.2, 0) is 0 Å². The van der Waals surface area contributed by atoms with Crippen LogP contribution in [0.3, 0.4) is 0 Å². The first-order valence-corrected chi connectivity index (χ1v) is 4.99. The summed E-state index contributed by atoms with van der Waals surface area (Å²) >= 11 is 0. The van der Waals surface area contributed by atoms with Gasteiger partial charge in [-0.2, -0.15) is 0 Å². The lowest BCUT2D eigenvalue weighted by Crippen LogP contribution is -2.33. The Labute approximate surface area is 83.3 Å². The molecule has 0 bridgehead atoms. The number of likely N-dealkylation sites (tertiary alicyclic amines) is 1. The predicted octanol–water partition coefficient (Wildman–Crippen LogP) is 0.934. The molecule has 2 heterocycles. The van der Waals surface area contributed by atoms with Crippen LogP contribution < -0.4 is 0 Å². The van der Waals surface area contributed by atoms with Gasteiger partial charge in [0.25, 0.3) is 0 Å². The lowest BCUT2D eigenvalue weighted by molar-refractivity contribution is 0.0847. The Balaban J connectivity index is 1.99. The van der Waals surface area contributed by atoms with E-state index in [2.05, 4.69) is 21.9 Å². The first-order chi connectivity index (χ1) is 6.77. The highest BCUT2D eigenvalue weighted by Crippen LogP contribution is 2.19. The van der Waals surface area contributed by atoms with E-state index in [9.17, 15) is 4.79 Å². The van der Waals surface area contributed by atoms with Crippen LogP contribution in [0.2, 0.25) is 0 Å². The molecule has 0 radical (unpaired) electrons. The summed E-state index contributed by atoms with van der Waals surface area (Å²) in [6, 6.07) is 0. The first-order valence-electron chi connectivity index (χ1n) is 4.99. The van der Waals surface area contributed by atoms with E-state index < -0.39 is 0 Å². The van der Waals surface area contributed by atoms with Crippen molar-refractivity contribution in [3.8, 4) is 0 Å². The molecule has 1 aliphatic rings. The topological polar surface area (TPSA) is 49.0 Å². The summed E-state index contributed by atoms with van der Waals surface area (Å²) in [6.07, 6.45) is 5.23. The molecule has 4 heteroatoms. The summed E-state index contributed by atoms with van der Waals surface area (Å²) in [5.41, 5.74) is 0. The van der Waals surface area contributed by atoms with Crippen LogP contribution in [0.25, 0.3) is 0 Å². The minimum atomic E-state index is 0.164. The third-order valence-electron chi connectivity index (χ3n) is 2.82. The van der Waals surface area contributed by atoms with Gasteiger partial charge in [-0.15, -0.1) is 0 Å². The fourth-order valence-corrected chi connectivity index (χ4v) is 1.86. The standard InChI is InChI=1S/C10H15N3O/c1-13-6-2-8(3-7-13)9(14)10-11-4-5-12-10/h4-5,8H,2-3,6-7H2,1H3,(H,11,12). The molecule has 0 atom stereocenters. The van der Waals surface area contributed by atoms with E-state index in [1.807, 2.05) is 0 Å². The molecule has 14 heavy (non-hydrogen) atoms. The molecular formula is C10H15N3O. The molecule has 1 aromatic rings. The zero-order chi connectivity index (χ0) is 9.97. The van der Waals surface area contributed by atoms with Crippen LogP contribution in [0.4, 0.5) is 0 Å². The van der Waals surface area contributed by atoms with Crippen molar-refractivity contribution < 1.29 is 4.79 Å². The normalized spacial score (nSPS) is 19.8. The van der Waals surface area contributed by atoms with Gasteiger partial charge < -0.3 is 9.88 Å². The van der Waals surface area contributed by atoms with E-state index in [4.69, 9.17) is 0 Å². The number of nitrogens with zero attached hydrogens (tertiary/aromatic N) is 2. The molecule has 1 aromatic heterocycles. The highest BCUT2D eigenvalue weighted by molar-refractivity contribution is 5.94. The highest BCUT2D eigenvalue weighted by atomic mass is 16.1. The van der Waals surface area contributed by atoms with Crippen molar-refractivity contribution in [1.82, 2.24) is 14.9 Å². The number of nitrogens with one attached hydrogen (secondary N) is 1. The summed E-state index contributed by atoms with van der Waals surface area (Å²) in [7, 11) is 2.09. The summed E-state index contributed by atoms with van der Waals surface area (Å²) in [5.74, 6) is 0.847. The largest absolute Gasteiger partial charge is 0.342 e. The Kier molecular flexibility index (Phi) is 2.63. The van der Waals surface area contributed by atoms with E-state index in [0.717, 1.165) is 25.9 Å². The van der Waals surface area contributed by atoms with Crippen molar-refractivity contribution in [2.75, 3.05) is 20.1 Å². The van der Waals surface area contributed by atoms with Gasteiger partial charge in [0.05, 0.1) is 0 Å². The second kappa shape index (κ2) is 3.92. The summed E-state index contributed by atoms with van der Waals surface area (Å²) in [4.78, 5) is 21.0. The number of carbonyl (C=O) groups excluding carboxylic acids is 1. The number of carbonyl (C=O) groups is 1. The molecule has 1 saturated heterocycles. The van der Waals surface area contributed by atoms with E-state index in [-0.39, 0.29) is 11.7 Å². The van der Waals surface area contributed by atoms with Gasteiger partial charge >= 0.3 is 0 Å². The lowest BCUT2D eigenvalue weighted by atomic mass is 9.92. The number of rotatable bonds is 2. The van der Waals surface area contributed by atoms with Crippen molar-refractivity contribution in [3.63, 3.8) is 0 Å². The van der Waals surface area contributed by atoms with Gasteiger partial charge in [0.15, 0.2) is 5.82 Å². The van der Waals surface area contributed by atoms with Crippen molar-refractivity contribution in [2.24, 2.45) is 5.92 Å². The Morgan fingerprint density at radius 1 is 1.57 bits per heavy atom. The Morgan fingerprint density at radius 3 is 2.86 bits per heavy atom. The molecule has 0 spiro atoms. The molecule has 1 fully saturated rings. The van der Waals surface area contributed by atoms with Crippen molar-refractivity contribution in [1.29, 1.82) is 0 Å². The Morgan fingerprint density at radius 2 is 2.29 bits per heavy atom. The highest BCUT2D eigenvalue weighted by Gasteiger charge is 2.25. The third-order valence-corrected chi connectivity index (χ3v) is 2.82.